The van der Waals surface area contributed by atoms with Crippen LogP contribution in [0.15, 0.2) is 36.4 Å². The summed E-state index contributed by atoms with van der Waals surface area (Å²) in [7, 11) is 4.27. The zero-order valence-electron chi connectivity index (χ0n) is 21.1. The molecule has 0 bridgehead atoms. The Morgan fingerprint density at radius 2 is 1.69 bits per heavy atom. The molecule has 3 aliphatic heterocycles. The molecule has 1 saturated heterocycles. The zero-order valence-corrected chi connectivity index (χ0v) is 21.1. The first kappa shape index (κ1) is 24.4. The van der Waals surface area contributed by atoms with Crippen LogP contribution in [0.25, 0.3) is 0 Å². The number of ether oxygens (including phenoxy) is 2. The quantitative estimate of drug-likeness (QED) is 0.615. The highest BCUT2D eigenvalue weighted by atomic mass is 16.6. The van der Waals surface area contributed by atoms with Crippen molar-refractivity contribution in [1.29, 1.82) is 0 Å². The number of nitrogens with zero attached hydrogens (tertiary/aromatic N) is 3. The van der Waals surface area contributed by atoms with Crippen molar-refractivity contribution in [2.75, 3.05) is 76.8 Å². The van der Waals surface area contributed by atoms with Gasteiger partial charge in [-0.15, -0.1) is 0 Å². The molecule has 3 aliphatic rings. The molecule has 0 unspecified atom stereocenters. The van der Waals surface area contributed by atoms with Gasteiger partial charge in [0.2, 0.25) is 0 Å². The molecule has 0 aliphatic carbocycles. The van der Waals surface area contributed by atoms with Crippen LogP contribution in [-0.4, -0.2) is 88.2 Å². The Hall–Kier alpha value is -3.30. The molecule has 2 aromatic rings. The van der Waals surface area contributed by atoms with Crippen molar-refractivity contribution >= 4 is 23.2 Å². The number of hydrogen-bond acceptors (Lipinski definition) is 7. The van der Waals surface area contributed by atoms with E-state index in [1.807, 2.05) is 0 Å². The third kappa shape index (κ3) is 5.42. The Kier molecular flexibility index (Phi) is 7.29. The highest BCUT2D eigenvalue weighted by Crippen LogP contribution is 2.33. The lowest BCUT2D eigenvalue weighted by molar-refractivity contribution is -0.136. The van der Waals surface area contributed by atoms with E-state index >= 15 is 0 Å². The first-order valence-electron chi connectivity index (χ1n) is 12.7. The van der Waals surface area contributed by atoms with Crippen molar-refractivity contribution in [2.24, 2.45) is 0 Å². The minimum atomic E-state index is -0.698. The number of rotatable bonds is 5. The van der Waals surface area contributed by atoms with Gasteiger partial charge in [-0.05, 0) is 49.2 Å². The van der Waals surface area contributed by atoms with E-state index in [1.165, 1.54) is 16.8 Å². The molecule has 2 amide bonds. The summed E-state index contributed by atoms with van der Waals surface area (Å²) in [6.45, 7) is 6.17. The van der Waals surface area contributed by atoms with Crippen LogP contribution < -0.4 is 25.0 Å². The van der Waals surface area contributed by atoms with E-state index in [4.69, 9.17) is 9.47 Å². The number of carbonyl (C=O) groups is 2. The van der Waals surface area contributed by atoms with Crippen molar-refractivity contribution < 1.29 is 19.1 Å². The standard InChI is InChI=1S/C27H35N5O4/c1-30-10-12-32(13-11-30)23(20-5-7-22-19(16-20)4-3-9-31(22)2)18-28-26(33)27(34)29-21-6-8-24-25(17-21)36-15-14-35-24/h5-8,16-17,23H,3-4,9-15,18H2,1-2H3,(H,28,33)(H,29,34)/t23-/m0/s1. The van der Waals surface area contributed by atoms with Crippen LogP contribution in [0.5, 0.6) is 11.5 Å². The van der Waals surface area contributed by atoms with Crippen molar-refractivity contribution in [3.63, 3.8) is 0 Å². The van der Waals surface area contributed by atoms with Gasteiger partial charge in [0.25, 0.3) is 0 Å². The summed E-state index contributed by atoms with van der Waals surface area (Å²) in [5, 5.41) is 5.56. The van der Waals surface area contributed by atoms with Gasteiger partial charge in [0, 0.05) is 63.8 Å². The van der Waals surface area contributed by atoms with Crippen LogP contribution in [0.1, 0.15) is 23.6 Å². The molecule has 2 N–H and O–H groups in total. The van der Waals surface area contributed by atoms with Gasteiger partial charge in [0.15, 0.2) is 11.5 Å². The molecule has 0 spiro atoms. The summed E-state index contributed by atoms with van der Waals surface area (Å²) in [6, 6.07) is 11.8. The van der Waals surface area contributed by atoms with Crippen LogP contribution in [0.4, 0.5) is 11.4 Å². The number of carbonyl (C=O) groups excluding carboxylic acids is 2. The topological polar surface area (TPSA) is 86.4 Å². The maximum absolute atomic E-state index is 12.8. The van der Waals surface area contributed by atoms with Gasteiger partial charge in [-0.3, -0.25) is 14.5 Å². The fourth-order valence-electron chi connectivity index (χ4n) is 5.18. The molecule has 0 saturated carbocycles. The van der Waals surface area contributed by atoms with Crippen molar-refractivity contribution in [3.8, 4) is 11.5 Å². The van der Waals surface area contributed by atoms with E-state index < -0.39 is 11.8 Å². The summed E-state index contributed by atoms with van der Waals surface area (Å²) >= 11 is 0. The van der Waals surface area contributed by atoms with E-state index in [-0.39, 0.29) is 6.04 Å². The number of hydrogen-bond donors (Lipinski definition) is 2. The first-order chi connectivity index (χ1) is 17.5. The second kappa shape index (κ2) is 10.8. The maximum atomic E-state index is 12.8. The van der Waals surface area contributed by atoms with E-state index in [0.29, 0.717) is 36.9 Å². The number of aryl methyl sites for hydroxylation is 1. The van der Waals surface area contributed by atoms with E-state index in [1.54, 1.807) is 18.2 Å². The molecule has 0 aromatic heterocycles. The lowest BCUT2D eigenvalue weighted by atomic mass is 9.95. The average molecular weight is 494 g/mol. The largest absolute Gasteiger partial charge is 0.486 e. The molecule has 0 radical (unpaired) electrons. The minimum absolute atomic E-state index is 0.00211. The van der Waals surface area contributed by atoms with Crippen LogP contribution in [0.3, 0.4) is 0 Å². The lowest BCUT2D eigenvalue weighted by Gasteiger charge is -2.39. The molecule has 9 nitrogen and oxygen atoms in total. The average Bonchev–Trinajstić information content (AvgIpc) is 2.89. The number of anilines is 2. The van der Waals surface area contributed by atoms with E-state index in [9.17, 15) is 9.59 Å². The number of amides is 2. The molecule has 2 aromatic carbocycles. The second-order valence-electron chi connectivity index (χ2n) is 9.79. The third-order valence-electron chi connectivity index (χ3n) is 7.28. The molecule has 192 valence electrons. The smallest absolute Gasteiger partial charge is 0.313 e. The monoisotopic (exact) mass is 493 g/mol. The molecule has 9 heteroatoms. The van der Waals surface area contributed by atoms with Crippen LogP contribution in [0.2, 0.25) is 0 Å². The number of nitrogens with one attached hydrogen (secondary N) is 2. The Balaban J connectivity index is 1.27. The Labute approximate surface area is 212 Å². The van der Waals surface area contributed by atoms with Crippen molar-refractivity contribution in [1.82, 2.24) is 15.1 Å². The highest BCUT2D eigenvalue weighted by Gasteiger charge is 2.27. The zero-order chi connectivity index (χ0) is 25.1. The Morgan fingerprint density at radius 3 is 2.50 bits per heavy atom. The SMILES string of the molecule is CN1CCN([C@@H](CNC(=O)C(=O)Nc2ccc3c(c2)OCCO3)c2ccc3c(c2)CCCN3C)CC1. The van der Waals surface area contributed by atoms with Gasteiger partial charge in [-0.25, -0.2) is 0 Å². The fourth-order valence-corrected chi connectivity index (χ4v) is 5.18. The van der Waals surface area contributed by atoms with E-state index in [0.717, 1.165) is 45.6 Å². The van der Waals surface area contributed by atoms with Crippen molar-refractivity contribution in [3.05, 3.63) is 47.5 Å². The number of piperazine rings is 1. The summed E-state index contributed by atoms with van der Waals surface area (Å²) in [5.41, 5.74) is 4.31. The predicted octanol–water partition coefficient (Wildman–Crippen LogP) is 1.88. The summed E-state index contributed by atoms with van der Waals surface area (Å²) in [6.07, 6.45) is 2.20. The van der Waals surface area contributed by atoms with Crippen LogP contribution in [0, 0.1) is 0 Å². The van der Waals surface area contributed by atoms with Crippen LogP contribution in [-0.2, 0) is 16.0 Å². The molecular formula is C27H35N5O4. The van der Waals surface area contributed by atoms with Crippen molar-refractivity contribution in [2.45, 2.75) is 18.9 Å². The maximum Gasteiger partial charge on any atom is 0.313 e. The minimum Gasteiger partial charge on any atom is -0.486 e. The summed E-state index contributed by atoms with van der Waals surface area (Å²) in [5.74, 6) is -0.153. The van der Waals surface area contributed by atoms with Gasteiger partial charge >= 0.3 is 11.8 Å². The number of benzene rings is 2. The first-order valence-corrected chi connectivity index (χ1v) is 12.7. The molecule has 36 heavy (non-hydrogen) atoms. The molecule has 1 fully saturated rings. The van der Waals surface area contributed by atoms with E-state index in [2.05, 4.69) is 57.6 Å². The van der Waals surface area contributed by atoms with Gasteiger partial charge in [0.05, 0.1) is 6.04 Å². The second-order valence-corrected chi connectivity index (χ2v) is 9.79. The number of fused-ring (bicyclic) bond motifs is 2. The summed E-state index contributed by atoms with van der Waals surface area (Å²) in [4.78, 5) is 32.5. The third-order valence-corrected chi connectivity index (χ3v) is 7.28. The van der Waals surface area contributed by atoms with Gasteiger partial charge in [0.1, 0.15) is 13.2 Å². The lowest BCUT2D eigenvalue weighted by Crippen LogP contribution is -2.49. The molecule has 3 heterocycles. The normalized spacial score (nSPS) is 18.8. The number of likely N-dealkylation sites (N-methyl/N-ethyl adjacent to an activating group) is 1. The van der Waals surface area contributed by atoms with Gasteiger partial charge < -0.3 is 29.9 Å². The molecule has 1 atom stereocenters. The van der Waals surface area contributed by atoms with Gasteiger partial charge in [-0.2, -0.15) is 0 Å². The molecular weight excluding hydrogens is 458 g/mol. The fraction of sp³-hybridized carbons (Fsp3) is 0.481. The molecule has 5 rings (SSSR count). The summed E-state index contributed by atoms with van der Waals surface area (Å²) < 4.78 is 11.1. The predicted molar refractivity (Wildman–Crippen MR) is 139 cm³/mol. The Morgan fingerprint density at radius 1 is 0.917 bits per heavy atom. The van der Waals surface area contributed by atoms with Gasteiger partial charge in [-0.1, -0.05) is 12.1 Å². The Bertz CT molecular complexity index is 1120. The van der Waals surface area contributed by atoms with Crippen LogP contribution >= 0.6 is 0 Å². The highest BCUT2D eigenvalue weighted by molar-refractivity contribution is 6.39.